The first-order valence-electron chi connectivity index (χ1n) is 5.77. The summed E-state index contributed by atoms with van der Waals surface area (Å²) in [4.78, 5) is 12.4. The van der Waals surface area contributed by atoms with Gasteiger partial charge in [-0.05, 0) is 26.0 Å². The van der Waals surface area contributed by atoms with Crippen LogP contribution in [0.5, 0.6) is 11.5 Å². The summed E-state index contributed by atoms with van der Waals surface area (Å²) in [7, 11) is 3.22. The van der Waals surface area contributed by atoms with Gasteiger partial charge in [-0.1, -0.05) is 0 Å². The monoisotopic (exact) mass is 260 g/mol. The molecular formula is C13H16N4O2. The highest BCUT2D eigenvalue weighted by Gasteiger charge is 2.15. The van der Waals surface area contributed by atoms with Gasteiger partial charge in [-0.2, -0.15) is 9.97 Å². The van der Waals surface area contributed by atoms with E-state index in [1.54, 1.807) is 21.1 Å². The minimum absolute atomic E-state index is 0.193. The third-order valence-corrected chi connectivity index (χ3v) is 2.79. The molecule has 0 bridgehead atoms. The van der Waals surface area contributed by atoms with E-state index in [1.807, 2.05) is 19.1 Å². The van der Waals surface area contributed by atoms with Crippen LogP contribution >= 0.6 is 0 Å². The zero-order valence-electron chi connectivity index (χ0n) is 11.4. The molecule has 6 heteroatoms. The molecule has 0 spiro atoms. The van der Waals surface area contributed by atoms with E-state index >= 15 is 0 Å². The third-order valence-electron chi connectivity index (χ3n) is 2.79. The summed E-state index contributed by atoms with van der Waals surface area (Å²) >= 11 is 0. The number of hydrogen-bond donors (Lipinski definition) is 1. The number of methoxy groups -OCH3 is 2. The molecule has 2 rings (SSSR count). The van der Waals surface area contributed by atoms with Crippen molar-refractivity contribution < 1.29 is 9.47 Å². The second-order valence-corrected chi connectivity index (χ2v) is 4.04. The van der Waals surface area contributed by atoms with E-state index in [2.05, 4.69) is 15.0 Å². The van der Waals surface area contributed by atoms with Crippen LogP contribution < -0.4 is 15.2 Å². The lowest BCUT2D eigenvalue weighted by atomic mass is 10.1. The number of hydrogen-bond acceptors (Lipinski definition) is 6. The van der Waals surface area contributed by atoms with Gasteiger partial charge < -0.3 is 15.2 Å². The Morgan fingerprint density at radius 1 is 1.00 bits per heavy atom. The standard InChI is InChI=1S/C13H16N4O2/c1-7-10(18-3)6-5-9(11(7)19-4)12-15-8(2)16-13(14)17-12/h5-6H,1-4H3,(H2,14,15,16,17). The molecule has 100 valence electrons. The molecule has 0 aliphatic carbocycles. The highest BCUT2D eigenvalue weighted by atomic mass is 16.5. The van der Waals surface area contributed by atoms with Gasteiger partial charge >= 0.3 is 0 Å². The van der Waals surface area contributed by atoms with Crippen molar-refractivity contribution in [2.75, 3.05) is 20.0 Å². The summed E-state index contributed by atoms with van der Waals surface area (Å²) in [5.74, 6) is 2.67. The van der Waals surface area contributed by atoms with Crippen molar-refractivity contribution in [1.29, 1.82) is 0 Å². The van der Waals surface area contributed by atoms with Crippen LogP contribution in [0.1, 0.15) is 11.4 Å². The highest BCUT2D eigenvalue weighted by molar-refractivity contribution is 5.69. The molecule has 1 aromatic carbocycles. The molecule has 0 saturated carbocycles. The van der Waals surface area contributed by atoms with Crippen molar-refractivity contribution in [2.24, 2.45) is 0 Å². The molecule has 19 heavy (non-hydrogen) atoms. The highest BCUT2D eigenvalue weighted by Crippen LogP contribution is 2.36. The lowest BCUT2D eigenvalue weighted by Gasteiger charge is -2.13. The quantitative estimate of drug-likeness (QED) is 0.905. The second-order valence-electron chi connectivity index (χ2n) is 4.04. The molecule has 0 saturated heterocycles. The molecule has 1 heterocycles. The number of aryl methyl sites for hydroxylation is 1. The third kappa shape index (κ3) is 2.42. The van der Waals surface area contributed by atoms with Crippen LogP contribution in [0.4, 0.5) is 5.95 Å². The van der Waals surface area contributed by atoms with Crippen molar-refractivity contribution in [3.8, 4) is 22.9 Å². The molecule has 0 aliphatic rings. The van der Waals surface area contributed by atoms with Crippen molar-refractivity contribution >= 4 is 5.95 Å². The lowest BCUT2D eigenvalue weighted by molar-refractivity contribution is 0.389. The minimum atomic E-state index is 0.193. The number of nitrogen functional groups attached to an aromatic ring is 1. The fourth-order valence-electron chi connectivity index (χ4n) is 1.96. The molecule has 2 aromatic rings. The molecule has 6 nitrogen and oxygen atoms in total. The van der Waals surface area contributed by atoms with Gasteiger partial charge in [-0.3, -0.25) is 0 Å². The van der Waals surface area contributed by atoms with Gasteiger partial charge in [0.05, 0.1) is 19.8 Å². The molecule has 2 N–H and O–H groups in total. The largest absolute Gasteiger partial charge is 0.496 e. The number of nitrogens with zero attached hydrogens (tertiary/aromatic N) is 3. The smallest absolute Gasteiger partial charge is 0.223 e. The molecule has 0 radical (unpaired) electrons. The first kappa shape index (κ1) is 13.1. The van der Waals surface area contributed by atoms with E-state index in [1.165, 1.54) is 0 Å². The minimum Gasteiger partial charge on any atom is -0.496 e. The van der Waals surface area contributed by atoms with Gasteiger partial charge in [-0.15, -0.1) is 0 Å². The predicted molar refractivity (Wildman–Crippen MR) is 72.3 cm³/mol. The first-order chi connectivity index (χ1) is 9.06. The number of ether oxygens (including phenoxy) is 2. The average Bonchev–Trinajstić information content (AvgIpc) is 2.37. The summed E-state index contributed by atoms with van der Waals surface area (Å²) in [6, 6.07) is 3.70. The Bertz CT molecular complexity index is 594. The van der Waals surface area contributed by atoms with E-state index in [0.717, 1.165) is 16.9 Å². The molecule has 0 aliphatic heterocycles. The number of aromatic nitrogens is 3. The Morgan fingerprint density at radius 3 is 2.32 bits per heavy atom. The van der Waals surface area contributed by atoms with E-state index < -0.39 is 0 Å². The Labute approximate surface area is 111 Å². The van der Waals surface area contributed by atoms with E-state index in [9.17, 15) is 0 Å². The molecule has 0 fully saturated rings. The van der Waals surface area contributed by atoms with Crippen LogP contribution in [-0.2, 0) is 0 Å². The van der Waals surface area contributed by atoms with Gasteiger partial charge in [-0.25, -0.2) is 4.98 Å². The Morgan fingerprint density at radius 2 is 1.74 bits per heavy atom. The zero-order valence-corrected chi connectivity index (χ0v) is 11.4. The van der Waals surface area contributed by atoms with Crippen LogP contribution in [-0.4, -0.2) is 29.2 Å². The van der Waals surface area contributed by atoms with E-state index in [0.29, 0.717) is 17.4 Å². The maximum absolute atomic E-state index is 5.65. The fraction of sp³-hybridized carbons (Fsp3) is 0.308. The number of rotatable bonds is 3. The van der Waals surface area contributed by atoms with Crippen LogP contribution in [0.15, 0.2) is 12.1 Å². The molecule has 0 amide bonds. The van der Waals surface area contributed by atoms with Crippen LogP contribution in [0.3, 0.4) is 0 Å². The number of nitrogens with two attached hydrogens (primary N) is 1. The van der Waals surface area contributed by atoms with Gasteiger partial charge in [0.1, 0.15) is 17.3 Å². The van der Waals surface area contributed by atoms with Crippen LogP contribution in [0, 0.1) is 13.8 Å². The number of anilines is 1. The maximum Gasteiger partial charge on any atom is 0.223 e. The Kier molecular flexibility index (Phi) is 3.50. The summed E-state index contributed by atoms with van der Waals surface area (Å²) in [6.07, 6.45) is 0. The SMILES string of the molecule is COc1ccc(-c2nc(C)nc(N)n2)c(OC)c1C. The van der Waals surface area contributed by atoms with E-state index in [-0.39, 0.29) is 5.95 Å². The summed E-state index contributed by atoms with van der Waals surface area (Å²) in [5, 5.41) is 0. The number of benzene rings is 1. The van der Waals surface area contributed by atoms with Gasteiger partial charge in [0.2, 0.25) is 5.95 Å². The maximum atomic E-state index is 5.65. The zero-order chi connectivity index (χ0) is 14.0. The molecular weight excluding hydrogens is 244 g/mol. The van der Waals surface area contributed by atoms with Gasteiger partial charge in [0.25, 0.3) is 0 Å². The second kappa shape index (κ2) is 5.09. The average molecular weight is 260 g/mol. The van der Waals surface area contributed by atoms with Gasteiger partial charge in [0, 0.05) is 5.56 Å². The lowest BCUT2D eigenvalue weighted by Crippen LogP contribution is -2.03. The normalized spacial score (nSPS) is 10.3. The summed E-state index contributed by atoms with van der Waals surface area (Å²) in [5.41, 5.74) is 7.30. The molecule has 0 atom stereocenters. The topological polar surface area (TPSA) is 83.2 Å². The van der Waals surface area contributed by atoms with Gasteiger partial charge in [0.15, 0.2) is 5.82 Å². The predicted octanol–water partition coefficient (Wildman–Crippen LogP) is 1.75. The summed E-state index contributed by atoms with van der Waals surface area (Å²) < 4.78 is 10.7. The first-order valence-corrected chi connectivity index (χ1v) is 5.77. The van der Waals surface area contributed by atoms with Crippen molar-refractivity contribution in [2.45, 2.75) is 13.8 Å². The van der Waals surface area contributed by atoms with E-state index in [4.69, 9.17) is 15.2 Å². The van der Waals surface area contributed by atoms with Crippen LogP contribution in [0.2, 0.25) is 0 Å². The fourth-order valence-corrected chi connectivity index (χ4v) is 1.96. The van der Waals surface area contributed by atoms with Crippen LogP contribution in [0.25, 0.3) is 11.4 Å². The Hall–Kier alpha value is -2.37. The van der Waals surface area contributed by atoms with Crippen molar-refractivity contribution in [3.05, 3.63) is 23.5 Å². The van der Waals surface area contributed by atoms with Crippen molar-refractivity contribution in [3.63, 3.8) is 0 Å². The Balaban J connectivity index is 2.65. The van der Waals surface area contributed by atoms with Crippen molar-refractivity contribution in [1.82, 2.24) is 15.0 Å². The molecule has 1 aromatic heterocycles. The summed E-state index contributed by atoms with van der Waals surface area (Å²) in [6.45, 7) is 3.68. The molecule has 0 unspecified atom stereocenters.